The summed E-state index contributed by atoms with van der Waals surface area (Å²) < 4.78 is 1.98. The second-order valence-corrected chi connectivity index (χ2v) is 6.70. The first-order valence-corrected chi connectivity index (χ1v) is 8.25. The highest BCUT2D eigenvalue weighted by atomic mass is 32.1. The summed E-state index contributed by atoms with van der Waals surface area (Å²) in [7, 11) is 0. The number of urea groups is 1. The molecule has 0 aromatic carbocycles. The summed E-state index contributed by atoms with van der Waals surface area (Å²) >= 11 is 1.59. The minimum absolute atomic E-state index is 0.161. The zero-order chi connectivity index (χ0) is 16.1. The minimum atomic E-state index is -0.161. The van der Waals surface area contributed by atoms with E-state index < -0.39 is 0 Å². The number of aryl methyl sites for hydroxylation is 3. The Morgan fingerprint density at radius 3 is 2.73 bits per heavy atom. The summed E-state index contributed by atoms with van der Waals surface area (Å²) in [5.41, 5.74) is 3.06. The van der Waals surface area contributed by atoms with E-state index >= 15 is 0 Å². The van der Waals surface area contributed by atoms with Crippen LogP contribution >= 0.6 is 11.3 Å². The van der Waals surface area contributed by atoms with Crippen LogP contribution in [-0.4, -0.2) is 27.3 Å². The van der Waals surface area contributed by atoms with Crippen LogP contribution in [0.5, 0.6) is 0 Å². The minimum Gasteiger partial charge on any atom is -0.338 e. The van der Waals surface area contributed by atoms with Crippen LogP contribution in [0.15, 0.2) is 11.4 Å². The van der Waals surface area contributed by atoms with Gasteiger partial charge in [0, 0.05) is 24.2 Å². The molecule has 0 unspecified atom stereocenters. The summed E-state index contributed by atoms with van der Waals surface area (Å²) in [5.74, 6) is 0.310. The monoisotopic (exact) mass is 321 g/mol. The quantitative estimate of drug-likeness (QED) is 0.858. The zero-order valence-electron chi connectivity index (χ0n) is 13.5. The lowest BCUT2D eigenvalue weighted by molar-refractivity contribution is 0.238. The first-order valence-electron chi connectivity index (χ1n) is 7.38. The molecule has 1 atom stereocenters. The van der Waals surface area contributed by atoms with E-state index in [4.69, 9.17) is 0 Å². The van der Waals surface area contributed by atoms with Crippen molar-refractivity contribution in [2.24, 2.45) is 5.92 Å². The van der Waals surface area contributed by atoms with Gasteiger partial charge in [0.25, 0.3) is 0 Å². The average molecular weight is 321 g/mol. The highest BCUT2D eigenvalue weighted by molar-refractivity contribution is 7.09. The van der Waals surface area contributed by atoms with Gasteiger partial charge in [0.15, 0.2) is 0 Å². The van der Waals surface area contributed by atoms with Crippen LogP contribution in [0.3, 0.4) is 0 Å². The number of thiazole rings is 1. The maximum atomic E-state index is 11.8. The van der Waals surface area contributed by atoms with Crippen molar-refractivity contribution in [1.29, 1.82) is 0 Å². The van der Waals surface area contributed by atoms with Crippen LogP contribution in [-0.2, 0) is 13.1 Å². The highest BCUT2D eigenvalue weighted by Crippen LogP contribution is 2.07. The molecular formula is C15H23N5OS. The molecule has 120 valence electrons. The SMILES string of the molecule is Cc1cc(C)n(C[C@H](C)CNC(=O)NCc2csc(C)n2)n1. The van der Waals surface area contributed by atoms with Crippen LogP contribution < -0.4 is 10.6 Å². The van der Waals surface area contributed by atoms with Crippen molar-refractivity contribution in [3.63, 3.8) is 0 Å². The van der Waals surface area contributed by atoms with Gasteiger partial charge in [-0.05, 0) is 32.8 Å². The first kappa shape index (κ1) is 16.5. The Balaban J connectivity index is 1.70. The lowest BCUT2D eigenvalue weighted by Gasteiger charge is -2.14. The van der Waals surface area contributed by atoms with Crippen LogP contribution in [0, 0.1) is 26.7 Å². The molecule has 0 saturated carbocycles. The molecule has 0 aliphatic rings. The predicted molar refractivity (Wildman–Crippen MR) is 88.0 cm³/mol. The lowest BCUT2D eigenvalue weighted by Crippen LogP contribution is -2.38. The number of carbonyl (C=O) groups is 1. The molecule has 2 aromatic rings. The second-order valence-electron chi connectivity index (χ2n) is 5.64. The van der Waals surface area contributed by atoms with Gasteiger partial charge in [-0.25, -0.2) is 9.78 Å². The summed E-state index contributed by atoms with van der Waals surface area (Å²) in [5, 5.41) is 13.1. The number of nitrogens with zero attached hydrogens (tertiary/aromatic N) is 3. The van der Waals surface area contributed by atoms with Crippen LogP contribution in [0.25, 0.3) is 0 Å². The molecule has 0 aliphatic heterocycles. The van der Waals surface area contributed by atoms with Crippen molar-refractivity contribution in [2.75, 3.05) is 6.54 Å². The van der Waals surface area contributed by atoms with E-state index in [1.807, 2.05) is 30.8 Å². The fraction of sp³-hybridized carbons (Fsp3) is 0.533. The van der Waals surface area contributed by atoms with E-state index in [-0.39, 0.29) is 6.03 Å². The number of nitrogens with one attached hydrogen (secondary N) is 2. The number of hydrogen-bond donors (Lipinski definition) is 2. The van der Waals surface area contributed by atoms with Gasteiger partial charge in [0.2, 0.25) is 0 Å². The van der Waals surface area contributed by atoms with Crippen molar-refractivity contribution in [3.05, 3.63) is 33.5 Å². The summed E-state index contributed by atoms with van der Waals surface area (Å²) in [4.78, 5) is 16.1. The number of hydrogen-bond acceptors (Lipinski definition) is 4. The smallest absolute Gasteiger partial charge is 0.315 e. The molecule has 2 amide bonds. The van der Waals surface area contributed by atoms with E-state index in [9.17, 15) is 4.79 Å². The van der Waals surface area contributed by atoms with Crippen LogP contribution in [0.4, 0.5) is 4.79 Å². The van der Waals surface area contributed by atoms with Crippen molar-refractivity contribution in [2.45, 2.75) is 40.8 Å². The molecule has 0 fully saturated rings. The van der Waals surface area contributed by atoms with E-state index in [1.54, 1.807) is 11.3 Å². The first-order chi connectivity index (χ1) is 10.4. The van der Waals surface area contributed by atoms with Crippen LogP contribution in [0.1, 0.15) is 29.0 Å². The predicted octanol–water partition coefficient (Wildman–Crippen LogP) is 2.40. The fourth-order valence-electron chi connectivity index (χ4n) is 2.21. The number of rotatable bonds is 6. The summed E-state index contributed by atoms with van der Waals surface area (Å²) in [6.07, 6.45) is 0. The van der Waals surface area contributed by atoms with Gasteiger partial charge in [-0.1, -0.05) is 6.92 Å². The Bertz CT molecular complexity index is 634. The molecular weight excluding hydrogens is 298 g/mol. The van der Waals surface area contributed by atoms with Gasteiger partial charge >= 0.3 is 6.03 Å². The molecule has 7 heteroatoms. The molecule has 0 spiro atoms. The molecule has 2 rings (SSSR count). The van der Waals surface area contributed by atoms with E-state index in [1.165, 1.54) is 0 Å². The maximum absolute atomic E-state index is 11.8. The zero-order valence-corrected chi connectivity index (χ0v) is 14.3. The molecule has 0 bridgehead atoms. The Morgan fingerprint density at radius 1 is 1.36 bits per heavy atom. The third-order valence-corrected chi connectivity index (χ3v) is 4.12. The Labute approximate surface area is 135 Å². The molecule has 6 nitrogen and oxygen atoms in total. The molecule has 0 radical (unpaired) electrons. The molecule has 0 saturated heterocycles. The highest BCUT2D eigenvalue weighted by Gasteiger charge is 2.09. The van der Waals surface area contributed by atoms with Crippen LogP contribution in [0.2, 0.25) is 0 Å². The van der Waals surface area contributed by atoms with E-state index in [2.05, 4.69) is 33.7 Å². The van der Waals surface area contributed by atoms with Gasteiger partial charge < -0.3 is 10.6 Å². The van der Waals surface area contributed by atoms with Gasteiger partial charge in [-0.15, -0.1) is 11.3 Å². The number of amides is 2. The molecule has 22 heavy (non-hydrogen) atoms. The third kappa shape index (κ3) is 4.84. The van der Waals surface area contributed by atoms with Gasteiger partial charge in [0.05, 0.1) is 22.9 Å². The van der Waals surface area contributed by atoms with Crippen molar-refractivity contribution >= 4 is 17.4 Å². The normalized spacial score (nSPS) is 12.2. The molecule has 2 heterocycles. The Kier molecular flexibility index (Phi) is 5.54. The standard InChI is InChI=1S/C15H23N5OS/c1-10(8-20-12(3)5-11(2)19-20)6-16-15(21)17-7-14-9-22-13(4)18-14/h5,9-10H,6-8H2,1-4H3,(H2,16,17,21)/t10-/m1/s1. The topological polar surface area (TPSA) is 71.8 Å². The third-order valence-electron chi connectivity index (χ3n) is 3.30. The van der Waals surface area contributed by atoms with E-state index in [0.29, 0.717) is 19.0 Å². The number of carbonyl (C=O) groups excluding carboxylic acids is 1. The summed E-state index contributed by atoms with van der Waals surface area (Å²) in [6.45, 7) is 9.95. The fourth-order valence-corrected chi connectivity index (χ4v) is 2.82. The van der Waals surface area contributed by atoms with Gasteiger partial charge in [-0.2, -0.15) is 5.10 Å². The lowest BCUT2D eigenvalue weighted by atomic mass is 10.2. The number of aromatic nitrogens is 3. The Morgan fingerprint density at radius 2 is 2.14 bits per heavy atom. The van der Waals surface area contributed by atoms with Crippen molar-refractivity contribution in [1.82, 2.24) is 25.4 Å². The maximum Gasteiger partial charge on any atom is 0.315 e. The summed E-state index contributed by atoms with van der Waals surface area (Å²) in [6, 6.07) is 1.90. The molecule has 2 aromatic heterocycles. The molecule has 0 aliphatic carbocycles. The van der Waals surface area contributed by atoms with E-state index in [0.717, 1.165) is 28.6 Å². The van der Waals surface area contributed by atoms with Gasteiger partial charge in [0.1, 0.15) is 0 Å². The van der Waals surface area contributed by atoms with Gasteiger partial charge in [-0.3, -0.25) is 4.68 Å². The second kappa shape index (κ2) is 7.40. The molecule has 2 N–H and O–H groups in total. The largest absolute Gasteiger partial charge is 0.338 e. The van der Waals surface area contributed by atoms with Crippen molar-refractivity contribution < 1.29 is 4.79 Å². The Hall–Kier alpha value is -1.89. The van der Waals surface area contributed by atoms with Crippen molar-refractivity contribution in [3.8, 4) is 0 Å². The average Bonchev–Trinajstić information content (AvgIpc) is 3.00.